The van der Waals surface area contributed by atoms with Gasteiger partial charge in [-0.1, -0.05) is 92.6 Å². The van der Waals surface area contributed by atoms with Gasteiger partial charge in [-0.2, -0.15) is 0 Å². The summed E-state index contributed by atoms with van der Waals surface area (Å²) in [5, 5.41) is 19.6. The Bertz CT molecular complexity index is 1640. The van der Waals surface area contributed by atoms with Crippen LogP contribution in [-0.2, 0) is 36.8 Å². The van der Waals surface area contributed by atoms with Gasteiger partial charge in [0.2, 0.25) is 17.7 Å². The van der Waals surface area contributed by atoms with Crippen LogP contribution >= 0.6 is 0 Å². The molecule has 4 atom stereocenters. The quantitative estimate of drug-likeness (QED) is 0.122. The fourth-order valence-corrected chi connectivity index (χ4v) is 5.30. The fraction of sp³-hybridized carbons (Fsp3) is 0.421. The van der Waals surface area contributed by atoms with E-state index >= 15 is 0 Å². The number of carbonyl (C=O) groups excluding carboxylic acids is 4. The zero-order valence-electron chi connectivity index (χ0n) is 29.2. The van der Waals surface area contributed by atoms with Crippen LogP contribution in [0.25, 0.3) is 10.8 Å². The number of hydrogen-bond donors (Lipinski definition) is 5. The summed E-state index contributed by atoms with van der Waals surface area (Å²) in [6.45, 7) is 7.29. The summed E-state index contributed by atoms with van der Waals surface area (Å²) >= 11 is 0. The Balaban J connectivity index is 1.76. The normalized spacial score (nSPS) is 13.9. The number of aliphatic carboxylic acids is 1. The molecule has 0 bridgehead atoms. The molecule has 268 valence electrons. The van der Waals surface area contributed by atoms with Crippen molar-refractivity contribution in [2.24, 2.45) is 10.7 Å². The average Bonchev–Trinajstić information content (AvgIpc) is 3.04. The third kappa shape index (κ3) is 13.7. The minimum absolute atomic E-state index is 0.0940. The number of benzene rings is 3. The van der Waals surface area contributed by atoms with E-state index < -0.39 is 66.0 Å². The molecule has 0 saturated carbocycles. The smallest absolute Gasteiger partial charge is 0.407 e. The summed E-state index contributed by atoms with van der Waals surface area (Å²) in [4.78, 5) is 67.9. The van der Waals surface area contributed by atoms with E-state index in [-0.39, 0.29) is 12.8 Å². The number of carboxylic acid groups (broad SMARTS) is 1. The number of carboxylic acids is 1. The lowest BCUT2D eigenvalue weighted by Gasteiger charge is -2.24. The number of nitrogens with zero attached hydrogens (tertiary/aromatic N) is 1. The molecular weight excluding hydrogens is 638 g/mol. The van der Waals surface area contributed by atoms with E-state index in [1.165, 1.54) is 0 Å². The second kappa shape index (κ2) is 19.1. The van der Waals surface area contributed by atoms with E-state index in [1.807, 2.05) is 43.3 Å². The number of fused-ring (bicyclic) bond motifs is 1. The van der Waals surface area contributed by atoms with Crippen LogP contribution in [-0.4, -0.2) is 70.9 Å². The van der Waals surface area contributed by atoms with Gasteiger partial charge in [-0.3, -0.25) is 24.2 Å². The van der Waals surface area contributed by atoms with Crippen LogP contribution < -0.4 is 21.7 Å². The van der Waals surface area contributed by atoms with Crippen LogP contribution in [0.5, 0.6) is 0 Å². The number of nitrogens with two attached hydrogens (primary N) is 1. The first kappa shape index (κ1) is 39.2. The molecule has 0 aliphatic heterocycles. The van der Waals surface area contributed by atoms with Crippen molar-refractivity contribution >= 4 is 46.8 Å². The van der Waals surface area contributed by atoms with Crippen LogP contribution in [0, 0.1) is 0 Å². The molecule has 0 aliphatic carbocycles. The summed E-state index contributed by atoms with van der Waals surface area (Å²) in [5.74, 6) is -3.61. The van der Waals surface area contributed by atoms with Gasteiger partial charge < -0.3 is 31.5 Å². The number of aliphatic imine (C=N–C) groups is 1. The van der Waals surface area contributed by atoms with E-state index in [2.05, 4.69) is 27.0 Å². The van der Waals surface area contributed by atoms with Crippen LogP contribution in [0.3, 0.4) is 0 Å². The molecule has 6 N–H and O–H groups in total. The van der Waals surface area contributed by atoms with Gasteiger partial charge >= 0.3 is 12.1 Å². The Morgan fingerprint density at radius 2 is 1.50 bits per heavy atom. The molecule has 0 radical (unpaired) electrons. The number of rotatable bonds is 18. The largest absolute Gasteiger partial charge is 0.481 e. The van der Waals surface area contributed by atoms with Crippen molar-refractivity contribution in [3.05, 3.63) is 83.9 Å². The van der Waals surface area contributed by atoms with Crippen molar-refractivity contribution < 1.29 is 33.8 Å². The second-order valence-corrected chi connectivity index (χ2v) is 13.3. The maximum atomic E-state index is 13.5. The van der Waals surface area contributed by atoms with Crippen molar-refractivity contribution in [2.45, 2.75) is 102 Å². The number of hydrogen-bond acceptors (Lipinski definition) is 7. The number of primary amides is 1. The van der Waals surface area contributed by atoms with Gasteiger partial charge in [-0.25, -0.2) is 4.79 Å². The number of nitrogens with one attached hydrogen (secondary N) is 3. The average molecular weight is 688 g/mol. The zero-order valence-corrected chi connectivity index (χ0v) is 29.2. The van der Waals surface area contributed by atoms with Crippen LogP contribution in [0.4, 0.5) is 4.79 Å². The lowest BCUT2D eigenvalue weighted by molar-refractivity contribution is -0.141. The van der Waals surface area contributed by atoms with Gasteiger partial charge in [0, 0.05) is 25.1 Å². The molecule has 0 saturated heterocycles. The van der Waals surface area contributed by atoms with Gasteiger partial charge in [-0.15, -0.1) is 0 Å². The lowest BCUT2D eigenvalue weighted by Crippen LogP contribution is -2.55. The van der Waals surface area contributed by atoms with Gasteiger partial charge in [0.25, 0.3) is 0 Å². The molecule has 12 heteroatoms. The summed E-state index contributed by atoms with van der Waals surface area (Å²) in [6, 6.07) is 19.0. The molecule has 3 rings (SSSR count). The Hall–Kier alpha value is -5.26. The summed E-state index contributed by atoms with van der Waals surface area (Å²) in [5.41, 5.74) is 6.57. The molecule has 0 unspecified atom stereocenters. The molecule has 3 aromatic carbocycles. The monoisotopic (exact) mass is 687 g/mol. The third-order valence-electron chi connectivity index (χ3n) is 7.78. The Morgan fingerprint density at radius 3 is 2.14 bits per heavy atom. The van der Waals surface area contributed by atoms with E-state index in [0.717, 1.165) is 28.3 Å². The highest BCUT2D eigenvalue weighted by Crippen LogP contribution is 2.18. The summed E-state index contributed by atoms with van der Waals surface area (Å²) in [6.07, 6.45) is 2.84. The number of ether oxygens (including phenoxy) is 1. The first-order valence-corrected chi connectivity index (χ1v) is 16.9. The minimum atomic E-state index is -1.48. The van der Waals surface area contributed by atoms with Crippen LogP contribution in [0.15, 0.2) is 77.8 Å². The van der Waals surface area contributed by atoms with Gasteiger partial charge in [0.1, 0.15) is 23.7 Å². The van der Waals surface area contributed by atoms with Crippen LogP contribution in [0.1, 0.15) is 70.9 Å². The zero-order chi connectivity index (χ0) is 36.7. The fourth-order valence-electron chi connectivity index (χ4n) is 5.30. The van der Waals surface area contributed by atoms with Crippen molar-refractivity contribution in [3.8, 4) is 0 Å². The lowest BCUT2D eigenvalue weighted by atomic mass is 10.00. The number of amides is 4. The van der Waals surface area contributed by atoms with Crippen molar-refractivity contribution in [1.82, 2.24) is 16.0 Å². The van der Waals surface area contributed by atoms with Crippen molar-refractivity contribution in [1.29, 1.82) is 0 Å². The predicted octanol–water partition coefficient (Wildman–Crippen LogP) is 4.47. The maximum Gasteiger partial charge on any atom is 0.407 e. The highest BCUT2D eigenvalue weighted by Gasteiger charge is 2.30. The molecule has 0 fully saturated rings. The third-order valence-corrected chi connectivity index (χ3v) is 7.78. The first-order valence-electron chi connectivity index (χ1n) is 16.9. The van der Waals surface area contributed by atoms with Crippen LogP contribution in [0.2, 0.25) is 0 Å². The maximum absolute atomic E-state index is 13.5. The molecular formula is C38H49N5O7. The van der Waals surface area contributed by atoms with E-state index in [4.69, 9.17) is 10.5 Å². The van der Waals surface area contributed by atoms with Gasteiger partial charge in [0.05, 0.1) is 6.42 Å². The molecule has 0 aromatic heterocycles. The highest BCUT2D eigenvalue weighted by molar-refractivity contribution is 5.95. The van der Waals surface area contributed by atoms with Crippen molar-refractivity contribution in [3.63, 3.8) is 0 Å². The minimum Gasteiger partial charge on any atom is -0.481 e. The first-order chi connectivity index (χ1) is 23.7. The molecule has 0 aliphatic rings. The molecule has 50 heavy (non-hydrogen) atoms. The molecule has 12 nitrogen and oxygen atoms in total. The van der Waals surface area contributed by atoms with E-state index in [0.29, 0.717) is 19.3 Å². The number of unbranched alkanes of at least 4 members (excludes halogenated alkanes) is 1. The van der Waals surface area contributed by atoms with E-state index in [1.54, 1.807) is 57.3 Å². The molecule has 4 amide bonds. The van der Waals surface area contributed by atoms with Gasteiger partial charge in [0.15, 0.2) is 0 Å². The Morgan fingerprint density at radius 1 is 0.840 bits per heavy atom. The number of carbonyl (C=O) groups is 5. The summed E-state index contributed by atoms with van der Waals surface area (Å²) < 4.78 is 5.49. The standard InChI is InChI=1S/C38H49N5O7/c1-5-6-16-30(35(47)43-32(24-33(44)45)36(48)42-31(34(39)46)23-25-12-8-7-9-13-25)40-20-19-29(41-37(49)50-38(2,3)4)22-26-17-18-27-14-10-11-15-28(27)21-26/h7-15,17-18,20-21,29-32H,5-6,16,19,22-24H2,1-4H3,(H2,39,46)(H,41,49)(H,42,48)(H,43,47)(H,44,45)/t29-,30+,31+,32+/m1/s1. The molecule has 0 spiro atoms. The molecule has 3 aromatic rings. The Labute approximate surface area is 293 Å². The summed E-state index contributed by atoms with van der Waals surface area (Å²) in [7, 11) is 0. The second-order valence-electron chi connectivity index (χ2n) is 13.3. The topological polar surface area (TPSA) is 189 Å². The van der Waals surface area contributed by atoms with Crippen molar-refractivity contribution in [2.75, 3.05) is 0 Å². The SMILES string of the molecule is CCCC[C@H](N=CC[C@H](Cc1ccc2ccccc2c1)NC(=O)OC(C)(C)C)C(=O)N[C@@H](CC(=O)O)C(=O)N[C@@H](Cc1ccccc1)C(N)=O. The number of alkyl carbamates (subject to hydrolysis) is 1. The molecule has 0 heterocycles. The Kier molecular flexibility index (Phi) is 14.9. The highest BCUT2D eigenvalue weighted by atomic mass is 16.6. The van der Waals surface area contributed by atoms with E-state index in [9.17, 15) is 29.1 Å². The van der Waals surface area contributed by atoms with Gasteiger partial charge in [-0.05, 0) is 55.5 Å². The predicted molar refractivity (Wildman–Crippen MR) is 193 cm³/mol.